The van der Waals surface area contributed by atoms with E-state index < -0.39 is 5.97 Å². The molecule has 0 unspecified atom stereocenters. The number of nitrogens with one attached hydrogen (secondary N) is 1. The number of amides is 1. The molecule has 0 aliphatic rings. The van der Waals surface area contributed by atoms with Gasteiger partial charge in [0.05, 0.1) is 13.5 Å². The van der Waals surface area contributed by atoms with E-state index in [1.807, 2.05) is 24.3 Å². The van der Waals surface area contributed by atoms with Gasteiger partial charge in [-0.3, -0.25) is 9.59 Å². The SMILES string of the molecule is COc1cccc(NC(=O)/C=C/c2ccc(-c3nc4cc(CC(=O)O)ccc4o3)cc2)c1. The number of rotatable bonds is 7. The first-order chi connectivity index (χ1) is 15.5. The van der Waals surface area contributed by atoms with Gasteiger partial charge in [-0.1, -0.05) is 24.3 Å². The highest BCUT2D eigenvalue weighted by molar-refractivity contribution is 6.02. The van der Waals surface area contributed by atoms with Crippen LogP contribution in [0.2, 0.25) is 0 Å². The molecule has 7 heteroatoms. The Balaban J connectivity index is 1.44. The van der Waals surface area contributed by atoms with Gasteiger partial charge in [0.25, 0.3) is 0 Å². The van der Waals surface area contributed by atoms with Crippen molar-refractivity contribution in [2.45, 2.75) is 6.42 Å². The van der Waals surface area contributed by atoms with Crippen LogP contribution in [0.5, 0.6) is 5.75 Å². The van der Waals surface area contributed by atoms with Crippen molar-refractivity contribution in [3.8, 4) is 17.2 Å². The van der Waals surface area contributed by atoms with E-state index in [-0.39, 0.29) is 12.3 Å². The van der Waals surface area contributed by atoms with Crippen LogP contribution in [-0.4, -0.2) is 29.1 Å². The van der Waals surface area contributed by atoms with E-state index in [9.17, 15) is 9.59 Å². The van der Waals surface area contributed by atoms with Gasteiger partial charge in [-0.15, -0.1) is 0 Å². The summed E-state index contributed by atoms with van der Waals surface area (Å²) in [6, 6.07) is 19.7. The molecule has 0 aliphatic heterocycles. The average molecular weight is 428 g/mol. The van der Waals surface area contributed by atoms with E-state index >= 15 is 0 Å². The molecular formula is C25H20N2O5. The molecule has 0 fully saturated rings. The molecule has 0 radical (unpaired) electrons. The van der Waals surface area contributed by atoms with E-state index in [1.54, 1.807) is 55.7 Å². The summed E-state index contributed by atoms with van der Waals surface area (Å²) in [6.45, 7) is 0. The van der Waals surface area contributed by atoms with Gasteiger partial charge in [0.1, 0.15) is 11.3 Å². The molecule has 1 heterocycles. The molecule has 0 aliphatic carbocycles. The van der Waals surface area contributed by atoms with Gasteiger partial charge in [0, 0.05) is 23.4 Å². The van der Waals surface area contributed by atoms with Gasteiger partial charge in [-0.05, 0) is 53.6 Å². The summed E-state index contributed by atoms with van der Waals surface area (Å²) in [7, 11) is 1.57. The fourth-order valence-electron chi connectivity index (χ4n) is 3.17. The van der Waals surface area contributed by atoms with Crippen LogP contribution in [0.3, 0.4) is 0 Å². The first kappa shape index (κ1) is 20.9. The number of aliphatic carboxylic acids is 1. The van der Waals surface area contributed by atoms with Crippen molar-refractivity contribution in [3.05, 3.63) is 83.9 Å². The Morgan fingerprint density at radius 1 is 1.09 bits per heavy atom. The number of ether oxygens (including phenoxy) is 1. The fraction of sp³-hybridized carbons (Fsp3) is 0.0800. The predicted molar refractivity (Wildman–Crippen MR) is 121 cm³/mol. The van der Waals surface area contributed by atoms with Crippen LogP contribution in [-0.2, 0) is 16.0 Å². The van der Waals surface area contributed by atoms with Crippen molar-refractivity contribution in [3.63, 3.8) is 0 Å². The topological polar surface area (TPSA) is 102 Å². The molecule has 0 saturated carbocycles. The number of anilines is 1. The lowest BCUT2D eigenvalue weighted by Crippen LogP contribution is -2.07. The Morgan fingerprint density at radius 2 is 1.91 bits per heavy atom. The molecule has 1 aromatic heterocycles. The van der Waals surface area contributed by atoms with Gasteiger partial charge in [0.2, 0.25) is 11.8 Å². The van der Waals surface area contributed by atoms with E-state index in [0.29, 0.717) is 34.0 Å². The summed E-state index contributed by atoms with van der Waals surface area (Å²) in [4.78, 5) is 27.5. The van der Waals surface area contributed by atoms with Crippen molar-refractivity contribution in [1.29, 1.82) is 0 Å². The van der Waals surface area contributed by atoms with Crippen molar-refractivity contribution >= 4 is 34.7 Å². The molecular weight excluding hydrogens is 408 g/mol. The Bertz CT molecular complexity index is 1310. The highest BCUT2D eigenvalue weighted by atomic mass is 16.5. The molecule has 0 bridgehead atoms. The van der Waals surface area contributed by atoms with Crippen LogP contribution in [0.15, 0.2) is 77.2 Å². The third kappa shape index (κ3) is 5.02. The standard InChI is InChI=1S/C25H20N2O5/c1-31-20-4-2-3-19(15-20)26-23(28)12-8-16-5-9-18(10-6-16)25-27-21-13-17(14-24(29)30)7-11-22(21)32-25/h2-13,15H,14H2,1H3,(H,26,28)(H,29,30)/b12-8+. The zero-order valence-electron chi connectivity index (χ0n) is 17.2. The lowest BCUT2D eigenvalue weighted by molar-refractivity contribution is -0.136. The lowest BCUT2D eigenvalue weighted by Gasteiger charge is -2.04. The highest BCUT2D eigenvalue weighted by Crippen LogP contribution is 2.25. The van der Waals surface area contributed by atoms with Crippen LogP contribution in [0.1, 0.15) is 11.1 Å². The van der Waals surface area contributed by atoms with E-state index in [4.69, 9.17) is 14.3 Å². The molecule has 1 amide bonds. The molecule has 7 nitrogen and oxygen atoms in total. The summed E-state index contributed by atoms with van der Waals surface area (Å²) in [5.41, 5.74) is 4.13. The summed E-state index contributed by atoms with van der Waals surface area (Å²) in [6.07, 6.45) is 3.10. The van der Waals surface area contributed by atoms with Crippen LogP contribution in [0.25, 0.3) is 28.6 Å². The summed E-state index contributed by atoms with van der Waals surface area (Å²) in [5.74, 6) is -0.0363. The van der Waals surface area contributed by atoms with Crippen molar-refractivity contribution in [1.82, 2.24) is 4.98 Å². The Kier molecular flexibility index (Phi) is 5.98. The molecule has 0 atom stereocenters. The molecule has 4 rings (SSSR count). The fourth-order valence-corrected chi connectivity index (χ4v) is 3.17. The van der Waals surface area contributed by atoms with Crippen molar-refractivity contribution in [2.24, 2.45) is 0 Å². The monoisotopic (exact) mass is 428 g/mol. The maximum Gasteiger partial charge on any atom is 0.307 e. The number of hydrogen-bond acceptors (Lipinski definition) is 5. The summed E-state index contributed by atoms with van der Waals surface area (Å²) in [5, 5.41) is 11.7. The number of carbonyl (C=O) groups excluding carboxylic acids is 1. The van der Waals surface area contributed by atoms with E-state index in [1.165, 1.54) is 6.08 Å². The Hall–Kier alpha value is -4.39. The third-order valence-electron chi connectivity index (χ3n) is 4.73. The van der Waals surface area contributed by atoms with E-state index in [0.717, 1.165) is 11.1 Å². The number of benzene rings is 3. The molecule has 0 spiro atoms. The van der Waals surface area contributed by atoms with E-state index in [2.05, 4.69) is 10.3 Å². The summed E-state index contributed by atoms with van der Waals surface area (Å²) < 4.78 is 10.9. The second-order valence-corrected chi connectivity index (χ2v) is 7.07. The van der Waals surface area contributed by atoms with Crippen LogP contribution < -0.4 is 10.1 Å². The van der Waals surface area contributed by atoms with Crippen LogP contribution in [0.4, 0.5) is 5.69 Å². The number of oxazole rings is 1. The normalized spacial score (nSPS) is 11.0. The minimum Gasteiger partial charge on any atom is -0.497 e. The molecule has 0 saturated heterocycles. The second kappa shape index (κ2) is 9.18. The zero-order chi connectivity index (χ0) is 22.5. The Morgan fingerprint density at radius 3 is 2.66 bits per heavy atom. The van der Waals surface area contributed by atoms with Gasteiger partial charge in [-0.2, -0.15) is 0 Å². The van der Waals surface area contributed by atoms with Gasteiger partial charge in [-0.25, -0.2) is 4.98 Å². The minimum atomic E-state index is -0.895. The van der Waals surface area contributed by atoms with Crippen LogP contribution in [0, 0.1) is 0 Å². The number of carbonyl (C=O) groups is 2. The number of fused-ring (bicyclic) bond motifs is 1. The predicted octanol–water partition coefficient (Wildman–Crippen LogP) is 4.78. The number of hydrogen-bond donors (Lipinski definition) is 2. The van der Waals surface area contributed by atoms with Gasteiger partial charge < -0.3 is 19.6 Å². The quantitative estimate of drug-likeness (QED) is 0.411. The highest BCUT2D eigenvalue weighted by Gasteiger charge is 2.10. The number of carboxylic acids is 1. The first-order valence-electron chi connectivity index (χ1n) is 9.85. The second-order valence-electron chi connectivity index (χ2n) is 7.07. The van der Waals surface area contributed by atoms with Gasteiger partial charge >= 0.3 is 5.97 Å². The molecule has 160 valence electrons. The summed E-state index contributed by atoms with van der Waals surface area (Å²) >= 11 is 0. The number of methoxy groups -OCH3 is 1. The third-order valence-corrected chi connectivity index (χ3v) is 4.73. The van der Waals surface area contributed by atoms with Crippen molar-refractivity contribution in [2.75, 3.05) is 12.4 Å². The minimum absolute atomic E-state index is 0.0649. The molecule has 4 aromatic rings. The van der Waals surface area contributed by atoms with Crippen molar-refractivity contribution < 1.29 is 23.8 Å². The average Bonchev–Trinajstić information content (AvgIpc) is 3.21. The number of aromatic nitrogens is 1. The molecule has 2 N–H and O–H groups in total. The number of nitrogens with zero attached hydrogens (tertiary/aromatic N) is 1. The van der Waals surface area contributed by atoms with Gasteiger partial charge in [0.15, 0.2) is 5.58 Å². The first-order valence-corrected chi connectivity index (χ1v) is 9.85. The Labute approximate surface area is 184 Å². The smallest absolute Gasteiger partial charge is 0.307 e. The lowest BCUT2D eigenvalue weighted by atomic mass is 10.1. The molecule has 32 heavy (non-hydrogen) atoms. The van der Waals surface area contributed by atoms with Crippen LogP contribution >= 0.6 is 0 Å². The maximum atomic E-state index is 12.2. The maximum absolute atomic E-state index is 12.2. The largest absolute Gasteiger partial charge is 0.497 e. The number of carboxylic acid groups (broad SMARTS) is 1. The molecule has 3 aromatic carbocycles. The zero-order valence-corrected chi connectivity index (χ0v) is 17.2.